The Morgan fingerprint density at radius 2 is 0.260 bits per heavy atom. The standard InChI is InChI=1S/C42H70O35/c43-1-8-29-15(50)22(57)36(64-8)72-30-9(2-44)66-38(24(59)17(30)52)74-32-11(4-46)68-40(26(61)19(32)54)76-34-13(6-48)70-42(28(63)21(34)56)77-35-14(7-49)69-41(27(62)20(35)55)75-33-12(5-47)67-39(25(60)18(33)53)73-31-10(3-45)65-37(71-29)23(58)16(31)51/h8-63H,1-7H2/t8-,9-,10-,11-,12-,13-,14-,15-,16-,17-,18-,19-,20-,21-,22-,23-,24-,25-,26-,27-,28-,29-,30-,31-,32-,33?,34?,35-,36?,37?,38?,39?,40?,41?,42?/m1/s1. The van der Waals surface area contributed by atoms with Crippen molar-refractivity contribution < 1.29 is 174 Å². The molecule has 21 heterocycles. The summed E-state index contributed by atoms with van der Waals surface area (Å²) in [5.74, 6) is 0. The van der Waals surface area contributed by atoms with Crippen LogP contribution in [0.5, 0.6) is 0 Å². The van der Waals surface area contributed by atoms with Crippen LogP contribution in [0.25, 0.3) is 0 Å². The summed E-state index contributed by atoms with van der Waals surface area (Å²) in [6.45, 7) is -7.33. The first-order valence-corrected chi connectivity index (χ1v) is 24.6. The van der Waals surface area contributed by atoms with Crippen LogP contribution in [0.1, 0.15) is 0 Å². The van der Waals surface area contributed by atoms with Crippen LogP contribution in [0.15, 0.2) is 0 Å². The highest BCUT2D eigenvalue weighted by Crippen LogP contribution is 2.39. The quantitative estimate of drug-likeness (QED) is 0.113. The van der Waals surface area contributed by atoms with Gasteiger partial charge in [0.15, 0.2) is 44.0 Å². The van der Waals surface area contributed by atoms with E-state index in [0.29, 0.717) is 0 Å². The Labute approximate surface area is 434 Å². The van der Waals surface area contributed by atoms with Crippen molar-refractivity contribution in [1.82, 2.24) is 0 Å². The molecular formula is C42H70O35. The zero-order valence-corrected chi connectivity index (χ0v) is 40.3. The smallest absolute Gasteiger partial charge is 0.187 e. The first kappa shape index (κ1) is 61.7. The van der Waals surface area contributed by atoms with E-state index in [2.05, 4.69) is 0 Å². The number of aliphatic hydroxyl groups is 21. The van der Waals surface area contributed by atoms with Crippen molar-refractivity contribution in [1.29, 1.82) is 0 Å². The molecule has 77 heavy (non-hydrogen) atoms. The Balaban J connectivity index is 1.08. The van der Waals surface area contributed by atoms with E-state index in [0.717, 1.165) is 0 Å². The van der Waals surface area contributed by atoms with Crippen LogP contribution in [0, 0.1) is 0 Å². The third-order valence-corrected chi connectivity index (χ3v) is 14.8. The summed E-state index contributed by atoms with van der Waals surface area (Å²) in [5.41, 5.74) is 0. The summed E-state index contributed by atoms with van der Waals surface area (Å²) in [4.78, 5) is 0. The SMILES string of the molecule is OC[C@H]1OC2O[C@H]3[C@H](O)[C@@H](O)C(OC4[C@@H](CO)OC(O[C@H]5[C@H](O)[C@@H](O)C(O[C@H]6[C@H](O)[C@@H](O)C(O[C@H]7[C@H](O)[C@@H](O)C(O[C@H]8[C@H](O)[C@@H](O)C(OC1[C@H](O)[C@H]2O)O[C@@H]8CO)O[C@@H]7CO)O[C@@H]6CO)O[C@@H]5CO)[C@H](O)[C@H]4O)O[C@@H]3CO. The van der Waals surface area contributed by atoms with Gasteiger partial charge < -0.3 is 174 Å². The van der Waals surface area contributed by atoms with Gasteiger partial charge in [-0.3, -0.25) is 0 Å². The van der Waals surface area contributed by atoms with Gasteiger partial charge in [0.05, 0.1) is 46.2 Å². The number of aliphatic hydroxyl groups excluding tert-OH is 21. The molecule has 14 bridgehead atoms. The minimum Gasteiger partial charge on any atom is -0.394 e. The Hall–Kier alpha value is -1.40. The highest BCUT2D eigenvalue weighted by atomic mass is 16.8. The van der Waals surface area contributed by atoms with Gasteiger partial charge in [-0.05, 0) is 0 Å². The van der Waals surface area contributed by atoms with Crippen molar-refractivity contribution in [3.8, 4) is 0 Å². The fourth-order valence-electron chi connectivity index (χ4n) is 10.4. The van der Waals surface area contributed by atoms with Crippen LogP contribution in [-0.2, 0) is 66.3 Å². The lowest BCUT2D eigenvalue weighted by Crippen LogP contribution is -2.68. The summed E-state index contributed by atoms with van der Waals surface area (Å²) in [5, 5.41) is 230. The molecule has 35 atom stereocenters. The van der Waals surface area contributed by atoms with E-state index in [1.807, 2.05) is 0 Å². The molecule has 0 aromatic carbocycles. The van der Waals surface area contributed by atoms with Gasteiger partial charge in [-0.1, -0.05) is 0 Å². The highest BCUT2D eigenvalue weighted by Gasteiger charge is 2.59. The molecule has 35 nitrogen and oxygen atoms in total. The zero-order chi connectivity index (χ0) is 56.1. The minimum absolute atomic E-state index is 1.05. The molecule has 0 aromatic rings. The maximum Gasteiger partial charge on any atom is 0.187 e. The average Bonchev–Trinajstić information content (AvgIpc) is 3.45. The largest absolute Gasteiger partial charge is 0.394 e. The van der Waals surface area contributed by atoms with Crippen LogP contribution < -0.4 is 0 Å². The lowest BCUT2D eigenvalue weighted by atomic mass is 9.95. The summed E-state index contributed by atoms with van der Waals surface area (Å²) in [6.07, 6.45) is -70.2. The Morgan fingerprint density at radius 1 is 0.156 bits per heavy atom. The molecule has 21 saturated heterocycles. The van der Waals surface area contributed by atoms with Crippen molar-refractivity contribution in [2.24, 2.45) is 0 Å². The molecule has 0 aromatic heterocycles. The Bertz CT molecular complexity index is 1470. The van der Waals surface area contributed by atoms with E-state index >= 15 is 0 Å². The van der Waals surface area contributed by atoms with E-state index in [1.54, 1.807) is 0 Å². The molecule has 21 aliphatic heterocycles. The molecule has 0 radical (unpaired) electrons. The van der Waals surface area contributed by atoms with Gasteiger partial charge >= 0.3 is 0 Å². The molecule has 21 rings (SSSR count). The predicted octanol–water partition coefficient (Wildman–Crippen LogP) is -15.2. The van der Waals surface area contributed by atoms with E-state index in [4.69, 9.17) is 66.3 Å². The van der Waals surface area contributed by atoms with E-state index in [1.165, 1.54) is 0 Å². The molecule has 0 saturated carbocycles. The van der Waals surface area contributed by atoms with Crippen LogP contribution in [0.3, 0.4) is 0 Å². The molecule has 21 fully saturated rings. The fraction of sp³-hybridized carbons (Fsp3) is 1.00. The Kier molecular flexibility index (Phi) is 20.8. The fourth-order valence-corrected chi connectivity index (χ4v) is 10.4. The van der Waals surface area contributed by atoms with Gasteiger partial charge in [-0.25, -0.2) is 0 Å². The average molecular weight is 1130 g/mol. The Morgan fingerprint density at radius 3 is 0.351 bits per heavy atom. The minimum atomic E-state index is -2.21. The first-order valence-electron chi connectivity index (χ1n) is 24.6. The van der Waals surface area contributed by atoms with E-state index < -0.39 is 261 Å². The van der Waals surface area contributed by atoms with Gasteiger partial charge in [-0.2, -0.15) is 0 Å². The molecule has 448 valence electrons. The van der Waals surface area contributed by atoms with Gasteiger partial charge in [-0.15, -0.1) is 0 Å². The number of hydrogen-bond donors (Lipinski definition) is 21. The van der Waals surface area contributed by atoms with E-state index in [9.17, 15) is 107 Å². The highest BCUT2D eigenvalue weighted by molar-refractivity contribution is 5.01. The number of hydrogen-bond acceptors (Lipinski definition) is 35. The maximum absolute atomic E-state index is 11.3. The van der Waals surface area contributed by atoms with Crippen molar-refractivity contribution in [2.45, 2.75) is 215 Å². The monoisotopic (exact) mass is 1130 g/mol. The van der Waals surface area contributed by atoms with Crippen LogP contribution in [0.4, 0.5) is 0 Å². The summed E-state index contributed by atoms with van der Waals surface area (Å²) in [7, 11) is 0. The number of rotatable bonds is 7. The maximum atomic E-state index is 11.3. The van der Waals surface area contributed by atoms with Crippen LogP contribution in [0.2, 0.25) is 0 Å². The first-order chi connectivity index (χ1) is 36.7. The third-order valence-electron chi connectivity index (χ3n) is 14.8. The van der Waals surface area contributed by atoms with Crippen molar-refractivity contribution >= 4 is 0 Å². The van der Waals surface area contributed by atoms with Crippen LogP contribution >= 0.6 is 0 Å². The summed E-state index contributed by atoms with van der Waals surface area (Å²) in [6, 6.07) is 0. The third kappa shape index (κ3) is 12.1. The second kappa shape index (κ2) is 26.0. The topological polar surface area (TPSA) is 554 Å². The predicted molar refractivity (Wildman–Crippen MR) is 228 cm³/mol. The summed E-state index contributed by atoms with van der Waals surface area (Å²) < 4.78 is 79.5. The summed E-state index contributed by atoms with van der Waals surface area (Å²) >= 11 is 0. The van der Waals surface area contributed by atoms with Gasteiger partial charge in [0.1, 0.15) is 171 Å². The normalized spacial score (nSPS) is 55.4. The molecular weight excluding hydrogens is 1060 g/mol. The molecule has 21 N–H and O–H groups in total. The molecule has 0 spiro atoms. The zero-order valence-electron chi connectivity index (χ0n) is 40.3. The number of ether oxygens (including phenoxy) is 14. The van der Waals surface area contributed by atoms with Crippen molar-refractivity contribution in [2.75, 3.05) is 46.2 Å². The van der Waals surface area contributed by atoms with Gasteiger partial charge in [0, 0.05) is 0 Å². The second-order valence-corrected chi connectivity index (χ2v) is 19.7. The molecule has 0 amide bonds. The molecule has 9 unspecified atom stereocenters. The van der Waals surface area contributed by atoms with Crippen molar-refractivity contribution in [3.05, 3.63) is 0 Å². The van der Waals surface area contributed by atoms with E-state index in [-0.39, 0.29) is 0 Å². The van der Waals surface area contributed by atoms with Crippen LogP contribution in [-0.4, -0.2) is 368 Å². The van der Waals surface area contributed by atoms with Crippen molar-refractivity contribution in [3.63, 3.8) is 0 Å². The molecule has 21 aliphatic rings. The lowest BCUT2D eigenvalue weighted by Gasteiger charge is -2.50. The van der Waals surface area contributed by atoms with Gasteiger partial charge in [0.2, 0.25) is 0 Å². The second-order valence-electron chi connectivity index (χ2n) is 19.7. The lowest BCUT2D eigenvalue weighted by molar-refractivity contribution is -0.396. The van der Waals surface area contributed by atoms with Gasteiger partial charge in [0.25, 0.3) is 0 Å². The molecule has 35 heteroatoms. The molecule has 0 aliphatic carbocycles.